The Balaban J connectivity index is 1.64. The molecule has 1 unspecified atom stereocenters. The van der Waals surface area contributed by atoms with Crippen molar-refractivity contribution >= 4 is 39.3 Å². The van der Waals surface area contributed by atoms with E-state index in [1.165, 1.54) is 12.1 Å². The fraction of sp³-hybridized carbons (Fsp3) is 0.381. The predicted molar refractivity (Wildman–Crippen MR) is 123 cm³/mol. The highest BCUT2D eigenvalue weighted by Gasteiger charge is 2.26. The number of carbonyl (C=O) groups excluding carboxylic acids is 1. The van der Waals surface area contributed by atoms with Gasteiger partial charge < -0.3 is 14.8 Å². The molecular weight excluding hydrogens is 460 g/mol. The predicted octanol–water partition coefficient (Wildman–Crippen LogP) is 2.87. The van der Waals surface area contributed by atoms with E-state index in [9.17, 15) is 13.2 Å². The smallest absolute Gasteiger partial charge is 0.241 e. The number of halogens is 1. The van der Waals surface area contributed by atoms with Gasteiger partial charge in [-0.1, -0.05) is 23.7 Å². The Morgan fingerprint density at radius 3 is 2.55 bits per heavy atom. The maximum Gasteiger partial charge on any atom is 0.241 e. The van der Waals surface area contributed by atoms with Crippen LogP contribution in [0.4, 0.5) is 0 Å². The van der Waals surface area contributed by atoms with Gasteiger partial charge in [0, 0.05) is 17.6 Å². The summed E-state index contributed by atoms with van der Waals surface area (Å²) in [6.07, 6.45) is 2.90. The Hall–Kier alpha value is -1.94. The Morgan fingerprint density at radius 2 is 1.84 bits per heavy atom. The van der Waals surface area contributed by atoms with Gasteiger partial charge in [0.1, 0.15) is 19.3 Å². The highest BCUT2D eigenvalue weighted by molar-refractivity contribution is 7.98. The summed E-state index contributed by atoms with van der Waals surface area (Å²) in [5.41, 5.74) is 1.03. The molecule has 3 rings (SSSR count). The molecule has 1 atom stereocenters. The molecule has 2 N–H and O–H groups in total. The molecule has 31 heavy (non-hydrogen) atoms. The van der Waals surface area contributed by atoms with Crippen molar-refractivity contribution in [2.75, 3.05) is 31.8 Å². The van der Waals surface area contributed by atoms with E-state index >= 15 is 0 Å². The van der Waals surface area contributed by atoms with Crippen LogP contribution in [0.25, 0.3) is 0 Å². The Morgan fingerprint density at radius 1 is 1.13 bits per heavy atom. The average molecular weight is 485 g/mol. The zero-order chi connectivity index (χ0) is 22.3. The van der Waals surface area contributed by atoms with Gasteiger partial charge in [-0.2, -0.15) is 16.5 Å². The molecule has 2 aromatic rings. The van der Waals surface area contributed by atoms with Crippen LogP contribution in [0.5, 0.6) is 11.5 Å². The summed E-state index contributed by atoms with van der Waals surface area (Å²) in [6.45, 7) is 1.17. The van der Waals surface area contributed by atoms with E-state index in [0.717, 1.165) is 5.56 Å². The van der Waals surface area contributed by atoms with E-state index in [1.807, 2.05) is 18.4 Å². The molecule has 0 bridgehead atoms. The van der Waals surface area contributed by atoms with Gasteiger partial charge in [0.25, 0.3) is 0 Å². The van der Waals surface area contributed by atoms with Gasteiger partial charge in [-0.05, 0) is 54.7 Å². The van der Waals surface area contributed by atoms with Crippen LogP contribution >= 0.6 is 23.4 Å². The van der Waals surface area contributed by atoms with Crippen LogP contribution in [0, 0.1) is 0 Å². The van der Waals surface area contributed by atoms with Crippen molar-refractivity contribution in [1.29, 1.82) is 0 Å². The summed E-state index contributed by atoms with van der Waals surface area (Å²) in [4.78, 5) is 12.7. The normalized spacial score (nSPS) is 14.1. The van der Waals surface area contributed by atoms with Gasteiger partial charge in [0.15, 0.2) is 11.5 Å². The van der Waals surface area contributed by atoms with Gasteiger partial charge in [-0.15, -0.1) is 0 Å². The second-order valence-corrected chi connectivity index (χ2v) is 10.1. The van der Waals surface area contributed by atoms with Crippen LogP contribution in [0.2, 0.25) is 5.02 Å². The first-order chi connectivity index (χ1) is 14.9. The van der Waals surface area contributed by atoms with Crippen LogP contribution in [-0.2, 0) is 21.2 Å². The largest absolute Gasteiger partial charge is 0.486 e. The molecule has 1 amide bonds. The number of carbonyl (C=O) groups is 1. The molecular formula is C21H25ClN2O5S2. The van der Waals surface area contributed by atoms with Gasteiger partial charge >= 0.3 is 0 Å². The van der Waals surface area contributed by atoms with Gasteiger partial charge in [0.05, 0.1) is 4.90 Å². The number of amides is 1. The van der Waals surface area contributed by atoms with Gasteiger partial charge in [-0.25, -0.2) is 8.42 Å². The zero-order valence-corrected chi connectivity index (χ0v) is 19.5. The number of rotatable bonds is 10. The molecule has 0 saturated carbocycles. The van der Waals surface area contributed by atoms with Crippen molar-refractivity contribution in [3.63, 3.8) is 0 Å². The van der Waals surface area contributed by atoms with Crippen molar-refractivity contribution in [3.05, 3.63) is 53.1 Å². The van der Waals surface area contributed by atoms with Crippen LogP contribution in [0.1, 0.15) is 12.0 Å². The molecule has 1 aliphatic heterocycles. The standard InChI is InChI=1S/C21H25ClN2O5S2/c1-30-13-9-18(21(25)23-10-8-15-2-4-16(22)5-3-15)24-31(26,27)17-6-7-19-20(14-17)29-12-11-28-19/h2-7,14,18,24H,8-13H2,1H3,(H,23,25). The summed E-state index contributed by atoms with van der Waals surface area (Å²) in [5, 5.41) is 3.48. The highest BCUT2D eigenvalue weighted by atomic mass is 35.5. The van der Waals surface area contributed by atoms with Crippen molar-refractivity contribution in [2.45, 2.75) is 23.8 Å². The minimum absolute atomic E-state index is 0.0277. The van der Waals surface area contributed by atoms with Gasteiger partial charge in [0.2, 0.25) is 15.9 Å². The van der Waals surface area contributed by atoms with E-state index in [1.54, 1.807) is 30.0 Å². The SMILES string of the molecule is CSCCC(NS(=O)(=O)c1ccc2c(c1)OCCO2)C(=O)NCCc1ccc(Cl)cc1. The monoisotopic (exact) mass is 484 g/mol. The van der Waals surface area contributed by atoms with E-state index in [4.69, 9.17) is 21.1 Å². The number of fused-ring (bicyclic) bond motifs is 1. The molecule has 10 heteroatoms. The number of ether oxygens (including phenoxy) is 2. The van der Waals surface area contributed by atoms with Crippen molar-refractivity contribution in [1.82, 2.24) is 10.0 Å². The minimum atomic E-state index is -3.92. The number of hydrogen-bond donors (Lipinski definition) is 2. The number of thioether (sulfide) groups is 1. The Labute approximate surface area is 191 Å². The second-order valence-electron chi connectivity index (χ2n) is 6.93. The Bertz CT molecular complexity index is 999. The van der Waals surface area contributed by atoms with Crippen LogP contribution in [-0.4, -0.2) is 52.1 Å². The fourth-order valence-electron chi connectivity index (χ4n) is 3.03. The molecule has 168 valence electrons. The molecule has 0 saturated heterocycles. The number of benzene rings is 2. The van der Waals surface area contributed by atoms with Crippen molar-refractivity contribution in [2.24, 2.45) is 0 Å². The fourth-order valence-corrected chi connectivity index (χ4v) is 4.87. The molecule has 0 aromatic heterocycles. The Kier molecular flexibility index (Phi) is 8.48. The first-order valence-corrected chi connectivity index (χ1v) is 13.1. The summed E-state index contributed by atoms with van der Waals surface area (Å²) < 4.78 is 39.3. The van der Waals surface area contributed by atoms with Crippen LogP contribution in [0.15, 0.2) is 47.4 Å². The van der Waals surface area contributed by atoms with Gasteiger partial charge in [-0.3, -0.25) is 4.79 Å². The minimum Gasteiger partial charge on any atom is -0.486 e. The third-order valence-electron chi connectivity index (χ3n) is 4.67. The maximum atomic E-state index is 12.9. The van der Waals surface area contributed by atoms with Crippen molar-refractivity contribution in [3.8, 4) is 11.5 Å². The van der Waals surface area contributed by atoms with E-state index in [0.29, 0.717) is 54.9 Å². The molecule has 0 aliphatic carbocycles. The summed E-state index contributed by atoms with van der Waals surface area (Å²) >= 11 is 7.43. The zero-order valence-electron chi connectivity index (χ0n) is 17.1. The maximum absolute atomic E-state index is 12.9. The lowest BCUT2D eigenvalue weighted by atomic mass is 10.1. The summed E-state index contributed by atoms with van der Waals surface area (Å²) in [5.74, 6) is 1.16. The van der Waals surface area contributed by atoms with Crippen LogP contribution in [0.3, 0.4) is 0 Å². The highest BCUT2D eigenvalue weighted by Crippen LogP contribution is 2.32. The van der Waals surface area contributed by atoms with E-state index in [2.05, 4.69) is 10.0 Å². The molecule has 1 aliphatic rings. The number of nitrogens with one attached hydrogen (secondary N) is 2. The lowest BCUT2D eigenvalue weighted by Crippen LogP contribution is -2.47. The van der Waals surface area contributed by atoms with Crippen LogP contribution < -0.4 is 19.5 Å². The second kappa shape index (κ2) is 11.1. The molecule has 1 heterocycles. The molecule has 0 fully saturated rings. The first kappa shape index (κ1) is 23.7. The lowest BCUT2D eigenvalue weighted by molar-refractivity contribution is -0.122. The third-order valence-corrected chi connectivity index (χ3v) is 7.04. The molecule has 0 spiro atoms. The number of hydrogen-bond acceptors (Lipinski definition) is 6. The summed E-state index contributed by atoms with van der Waals surface area (Å²) in [7, 11) is -3.92. The first-order valence-electron chi connectivity index (χ1n) is 9.82. The average Bonchev–Trinajstić information content (AvgIpc) is 2.77. The molecule has 0 radical (unpaired) electrons. The van der Waals surface area contributed by atoms with E-state index in [-0.39, 0.29) is 10.8 Å². The third kappa shape index (κ3) is 6.77. The molecule has 2 aromatic carbocycles. The lowest BCUT2D eigenvalue weighted by Gasteiger charge is -2.21. The van der Waals surface area contributed by atoms with E-state index < -0.39 is 16.1 Å². The topological polar surface area (TPSA) is 93.7 Å². The summed E-state index contributed by atoms with van der Waals surface area (Å²) in [6, 6.07) is 10.9. The molecule has 7 nitrogen and oxygen atoms in total. The van der Waals surface area contributed by atoms with Crippen molar-refractivity contribution < 1.29 is 22.7 Å². The number of sulfonamides is 1. The quantitative estimate of drug-likeness (QED) is 0.538.